The maximum Gasteiger partial charge on any atom is 0.326 e. The maximum atomic E-state index is 11.8. The first-order valence-electron chi connectivity index (χ1n) is 6.11. The third-order valence-corrected chi connectivity index (χ3v) is 3.78. The van der Waals surface area contributed by atoms with E-state index in [0.717, 1.165) is 0 Å². The number of carboxylic acid groups (broad SMARTS) is 1. The largest absolute Gasteiger partial charge is 0.480 e. The van der Waals surface area contributed by atoms with Crippen LogP contribution in [0, 0.1) is 5.92 Å². The molecule has 0 heterocycles. The van der Waals surface area contributed by atoms with Gasteiger partial charge >= 0.3 is 12.0 Å². The van der Waals surface area contributed by atoms with E-state index in [-0.39, 0.29) is 10.9 Å². The molecule has 1 rings (SSSR count). The van der Waals surface area contributed by atoms with Crippen LogP contribution in [0.5, 0.6) is 0 Å². The normalized spacial score (nSPS) is 13.4. The minimum atomic E-state index is -1.08. The summed E-state index contributed by atoms with van der Waals surface area (Å²) >= 11 is 11.8. The molecule has 110 valence electrons. The van der Waals surface area contributed by atoms with Crippen LogP contribution in [0.4, 0.5) is 10.5 Å². The molecule has 0 unspecified atom stereocenters. The monoisotopic (exact) mass is 318 g/mol. The first-order valence-corrected chi connectivity index (χ1v) is 6.86. The Kier molecular flexibility index (Phi) is 6.10. The second-order valence-corrected chi connectivity index (χ2v) is 5.19. The zero-order valence-electron chi connectivity index (χ0n) is 11.1. The van der Waals surface area contributed by atoms with E-state index in [2.05, 4.69) is 10.6 Å². The van der Waals surface area contributed by atoms with Gasteiger partial charge in [0.25, 0.3) is 0 Å². The lowest BCUT2D eigenvalue weighted by molar-refractivity contribution is -0.140. The highest BCUT2D eigenvalue weighted by Gasteiger charge is 2.25. The van der Waals surface area contributed by atoms with E-state index >= 15 is 0 Å². The maximum absolute atomic E-state index is 11.8. The van der Waals surface area contributed by atoms with Gasteiger partial charge in [-0.15, -0.1) is 0 Å². The number of aliphatic carboxylic acids is 1. The summed E-state index contributed by atoms with van der Waals surface area (Å²) in [6.07, 6.45) is 0.634. The van der Waals surface area contributed by atoms with Gasteiger partial charge in [0.15, 0.2) is 0 Å². The SMILES string of the molecule is CC[C@@H](C)[C@H](NC(=O)Nc1cccc(Cl)c1Cl)C(=O)O. The predicted octanol–water partition coefficient (Wildman–Crippen LogP) is 3.61. The third-order valence-electron chi connectivity index (χ3n) is 2.97. The molecule has 3 N–H and O–H groups in total. The van der Waals surface area contributed by atoms with Gasteiger partial charge in [-0.1, -0.05) is 49.5 Å². The van der Waals surface area contributed by atoms with Crippen LogP contribution in [0.15, 0.2) is 18.2 Å². The highest BCUT2D eigenvalue weighted by atomic mass is 35.5. The Bertz CT molecular complexity index is 508. The summed E-state index contributed by atoms with van der Waals surface area (Å²) in [4.78, 5) is 22.9. The molecule has 5 nitrogen and oxygen atoms in total. The standard InChI is InChI=1S/C13H16Cl2N2O3/c1-3-7(2)11(12(18)19)17-13(20)16-9-6-4-5-8(14)10(9)15/h4-7,11H,3H2,1-2H3,(H,18,19)(H2,16,17,20)/t7-,11+/m1/s1. The Balaban J connectivity index is 2.76. The van der Waals surface area contributed by atoms with Crippen molar-refractivity contribution in [2.24, 2.45) is 5.92 Å². The number of carboxylic acids is 1. The summed E-state index contributed by atoms with van der Waals surface area (Å²) in [6.45, 7) is 3.61. The number of carbonyl (C=O) groups is 2. The van der Waals surface area contributed by atoms with Crippen LogP contribution in [-0.4, -0.2) is 23.1 Å². The number of hydrogen-bond donors (Lipinski definition) is 3. The van der Waals surface area contributed by atoms with E-state index in [1.807, 2.05) is 6.92 Å². The van der Waals surface area contributed by atoms with Crippen molar-refractivity contribution in [2.75, 3.05) is 5.32 Å². The predicted molar refractivity (Wildman–Crippen MR) is 79.5 cm³/mol. The fraction of sp³-hybridized carbons (Fsp3) is 0.385. The molecule has 0 fully saturated rings. The van der Waals surface area contributed by atoms with Crippen LogP contribution < -0.4 is 10.6 Å². The summed E-state index contributed by atoms with van der Waals surface area (Å²) in [5.74, 6) is -1.26. The average molecular weight is 319 g/mol. The molecular formula is C13H16Cl2N2O3. The zero-order chi connectivity index (χ0) is 15.3. The number of anilines is 1. The van der Waals surface area contributed by atoms with Gasteiger partial charge < -0.3 is 15.7 Å². The van der Waals surface area contributed by atoms with Crippen molar-refractivity contribution in [3.05, 3.63) is 28.2 Å². The molecule has 0 aromatic heterocycles. The van der Waals surface area contributed by atoms with Crippen LogP contribution in [0.3, 0.4) is 0 Å². The molecule has 0 bridgehead atoms. The number of amides is 2. The molecule has 0 saturated heterocycles. The highest BCUT2D eigenvalue weighted by molar-refractivity contribution is 6.43. The molecule has 7 heteroatoms. The lowest BCUT2D eigenvalue weighted by Gasteiger charge is -2.20. The fourth-order valence-corrected chi connectivity index (χ4v) is 1.93. The number of rotatable bonds is 5. The number of nitrogens with one attached hydrogen (secondary N) is 2. The van der Waals surface area contributed by atoms with Gasteiger partial charge in [0.2, 0.25) is 0 Å². The Morgan fingerprint density at radius 1 is 1.35 bits per heavy atom. The Hall–Kier alpha value is -1.46. The van der Waals surface area contributed by atoms with Crippen LogP contribution in [0.1, 0.15) is 20.3 Å². The van der Waals surface area contributed by atoms with Gasteiger partial charge in [-0.2, -0.15) is 0 Å². The van der Waals surface area contributed by atoms with Crippen molar-refractivity contribution in [3.63, 3.8) is 0 Å². The van der Waals surface area contributed by atoms with E-state index in [4.69, 9.17) is 28.3 Å². The topological polar surface area (TPSA) is 78.4 Å². The number of hydrogen-bond acceptors (Lipinski definition) is 2. The van der Waals surface area contributed by atoms with Crippen LogP contribution in [0.25, 0.3) is 0 Å². The fourth-order valence-electron chi connectivity index (χ4n) is 1.58. The van der Waals surface area contributed by atoms with Gasteiger partial charge in [0.05, 0.1) is 15.7 Å². The first kappa shape index (κ1) is 16.6. The number of halogens is 2. The van der Waals surface area contributed by atoms with Crippen LogP contribution >= 0.6 is 23.2 Å². The molecule has 1 aromatic rings. The van der Waals surface area contributed by atoms with E-state index < -0.39 is 18.0 Å². The van der Waals surface area contributed by atoms with Crippen molar-refractivity contribution in [2.45, 2.75) is 26.3 Å². The zero-order valence-corrected chi connectivity index (χ0v) is 12.6. The molecular weight excluding hydrogens is 303 g/mol. The average Bonchev–Trinajstić information content (AvgIpc) is 2.40. The summed E-state index contributed by atoms with van der Waals surface area (Å²) < 4.78 is 0. The van der Waals surface area contributed by atoms with Crippen LogP contribution in [0.2, 0.25) is 10.0 Å². The Morgan fingerprint density at radius 2 is 2.00 bits per heavy atom. The van der Waals surface area contributed by atoms with E-state index in [0.29, 0.717) is 17.1 Å². The second-order valence-electron chi connectivity index (χ2n) is 4.40. The summed E-state index contributed by atoms with van der Waals surface area (Å²) in [7, 11) is 0. The molecule has 0 spiro atoms. The molecule has 0 radical (unpaired) electrons. The van der Waals surface area contributed by atoms with Crippen molar-refractivity contribution in [1.82, 2.24) is 5.32 Å². The second kappa shape index (κ2) is 7.36. The number of benzene rings is 1. The smallest absolute Gasteiger partial charge is 0.326 e. The van der Waals surface area contributed by atoms with Gasteiger partial charge in [0.1, 0.15) is 6.04 Å². The highest BCUT2D eigenvalue weighted by Crippen LogP contribution is 2.29. The van der Waals surface area contributed by atoms with Crippen molar-refractivity contribution >= 4 is 40.9 Å². The van der Waals surface area contributed by atoms with Gasteiger partial charge in [-0.05, 0) is 18.1 Å². The summed E-state index contributed by atoms with van der Waals surface area (Å²) in [5.41, 5.74) is 0.324. The van der Waals surface area contributed by atoms with E-state index in [1.165, 1.54) is 0 Å². The lowest BCUT2D eigenvalue weighted by Crippen LogP contribution is -2.46. The summed E-state index contributed by atoms with van der Waals surface area (Å²) in [6, 6.07) is 3.20. The first-order chi connectivity index (χ1) is 9.36. The van der Waals surface area contributed by atoms with Gasteiger partial charge in [-0.25, -0.2) is 9.59 Å². The van der Waals surface area contributed by atoms with Gasteiger partial charge in [0, 0.05) is 0 Å². The molecule has 0 aliphatic rings. The molecule has 1 aromatic carbocycles. The lowest BCUT2D eigenvalue weighted by atomic mass is 9.99. The molecule has 2 atom stereocenters. The van der Waals surface area contributed by atoms with E-state index in [1.54, 1.807) is 25.1 Å². The number of carbonyl (C=O) groups excluding carboxylic acids is 1. The third kappa shape index (κ3) is 4.28. The minimum absolute atomic E-state index is 0.187. The molecule has 0 aliphatic heterocycles. The molecule has 0 aliphatic carbocycles. The van der Waals surface area contributed by atoms with E-state index in [9.17, 15) is 9.59 Å². The van der Waals surface area contributed by atoms with Crippen LogP contribution in [-0.2, 0) is 4.79 Å². The van der Waals surface area contributed by atoms with Crippen molar-refractivity contribution in [3.8, 4) is 0 Å². The molecule has 20 heavy (non-hydrogen) atoms. The molecule has 2 amide bonds. The molecule has 0 saturated carbocycles. The van der Waals surface area contributed by atoms with Crippen molar-refractivity contribution in [1.29, 1.82) is 0 Å². The minimum Gasteiger partial charge on any atom is -0.480 e. The Morgan fingerprint density at radius 3 is 2.55 bits per heavy atom. The van der Waals surface area contributed by atoms with Gasteiger partial charge in [-0.3, -0.25) is 0 Å². The summed E-state index contributed by atoms with van der Waals surface area (Å²) in [5, 5.41) is 14.5. The number of urea groups is 1. The Labute approximate surface area is 127 Å². The quantitative estimate of drug-likeness (QED) is 0.775. The van der Waals surface area contributed by atoms with Crippen molar-refractivity contribution < 1.29 is 14.7 Å².